The number of hydrogen-bond acceptors (Lipinski definition) is 6. The summed E-state index contributed by atoms with van der Waals surface area (Å²) in [5, 5.41) is 2.98. The van der Waals surface area contributed by atoms with E-state index < -0.39 is 36.2 Å². The molecule has 0 aromatic heterocycles. The van der Waals surface area contributed by atoms with E-state index in [0.29, 0.717) is 12.3 Å². The van der Waals surface area contributed by atoms with E-state index in [0.717, 1.165) is 31.9 Å². The molecule has 1 aliphatic carbocycles. The van der Waals surface area contributed by atoms with Gasteiger partial charge in [-0.2, -0.15) is 8.42 Å². The molecule has 0 bridgehead atoms. The van der Waals surface area contributed by atoms with Gasteiger partial charge >= 0.3 is 6.09 Å². The molecule has 178 valence electrons. The summed E-state index contributed by atoms with van der Waals surface area (Å²) in [6.07, 6.45) is 5.36. The van der Waals surface area contributed by atoms with Crippen molar-refractivity contribution in [3.63, 3.8) is 0 Å². The van der Waals surface area contributed by atoms with Crippen molar-refractivity contribution in [1.82, 2.24) is 5.32 Å². The summed E-state index contributed by atoms with van der Waals surface area (Å²) in [6, 6.07) is -0.419. The molecule has 9 heteroatoms. The normalized spacial score (nSPS) is 22.4. The van der Waals surface area contributed by atoms with E-state index >= 15 is 0 Å². The first-order valence-electron chi connectivity index (χ1n) is 10.9. The van der Waals surface area contributed by atoms with Gasteiger partial charge in [0.2, 0.25) is 0 Å². The van der Waals surface area contributed by atoms with Crippen LogP contribution in [0.4, 0.5) is 4.79 Å². The summed E-state index contributed by atoms with van der Waals surface area (Å²) in [5.74, 6) is 0.382. The van der Waals surface area contributed by atoms with Gasteiger partial charge in [-0.05, 0) is 76.9 Å². The number of amides is 1. The zero-order chi connectivity index (χ0) is 23.4. The molecular weight excluding hydrogens is 422 g/mol. The van der Waals surface area contributed by atoms with Gasteiger partial charge in [0.15, 0.2) is 8.32 Å². The molecule has 1 N–H and O–H groups in total. The third kappa shape index (κ3) is 10.6. The lowest BCUT2D eigenvalue weighted by Gasteiger charge is -2.41. The molecule has 30 heavy (non-hydrogen) atoms. The Kier molecular flexibility index (Phi) is 9.42. The van der Waals surface area contributed by atoms with Crippen LogP contribution in [0.5, 0.6) is 0 Å². The molecule has 1 atom stereocenters. The van der Waals surface area contributed by atoms with Gasteiger partial charge in [-0.25, -0.2) is 4.79 Å². The Bertz CT molecular complexity index is 658. The lowest BCUT2D eigenvalue weighted by molar-refractivity contribution is 0.0467. The van der Waals surface area contributed by atoms with Crippen molar-refractivity contribution in [3.05, 3.63) is 0 Å². The minimum absolute atomic E-state index is 0.0848. The van der Waals surface area contributed by atoms with Gasteiger partial charge in [-0.15, -0.1) is 0 Å². The van der Waals surface area contributed by atoms with Gasteiger partial charge in [0.25, 0.3) is 10.1 Å². The lowest BCUT2D eigenvalue weighted by atomic mass is 9.83. The fourth-order valence-electron chi connectivity index (χ4n) is 3.33. The van der Waals surface area contributed by atoms with Crippen LogP contribution in [0.2, 0.25) is 18.1 Å². The average molecular weight is 466 g/mol. The van der Waals surface area contributed by atoms with Crippen LogP contribution >= 0.6 is 0 Å². The highest BCUT2D eigenvalue weighted by molar-refractivity contribution is 7.85. The number of nitrogens with one attached hydrogen (secondary N) is 1. The molecule has 0 aromatic rings. The minimum Gasteiger partial charge on any atom is -0.444 e. The number of hydrogen-bond donors (Lipinski definition) is 1. The highest BCUT2D eigenvalue weighted by Gasteiger charge is 2.40. The summed E-state index contributed by atoms with van der Waals surface area (Å²) >= 11 is 0. The Labute approximate surface area is 184 Å². The van der Waals surface area contributed by atoms with E-state index in [9.17, 15) is 13.2 Å². The van der Waals surface area contributed by atoms with E-state index in [1.807, 2.05) is 0 Å². The summed E-state index contributed by atoms with van der Waals surface area (Å²) in [6.45, 7) is 16.6. The number of carbonyl (C=O) groups is 1. The second kappa shape index (κ2) is 10.3. The second-order valence-electron chi connectivity index (χ2n) is 11.1. The van der Waals surface area contributed by atoms with Crippen LogP contribution in [-0.4, -0.2) is 53.4 Å². The van der Waals surface area contributed by atoms with Crippen LogP contribution in [0.1, 0.15) is 73.6 Å². The first kappa shape index (κ1) is 27.4. The zero-order valence-electron chi connectivity index (χ0n) is 20.3. The van der Waals surface area contributed by atoms with Crippen molar-refractivity contribution >= 4 is 24.5 Å². The second-order valence-corrected chi connectivity index (χ2v) is 17.5. The van der Waals surface area contributed by atoms with Gasteiger partial charge in [0.05, 0.1) is 18.9 Å². The first-order valence-corrected chi connectivity index (χ1v) is 15.6. The molecule has 1 saturated carbocycles. The van der Waals surface area contributed by atoms with Crippen molar-refractivity contribution in [2.45, 2.75) is 110 Å². The molecule has 1 amide bonds. The molecule has 1 unspecified atom stereocenters. The highest BCUT2D eigenvalue weighted by Crippen LogP contribution is 2.40. The molecule has 1 rings (SSSR count). The molecule has 0 spiro atoms. The lowest BCUT2D eigenvalue weighted by Crippen LogP contribution is -2.45. The van der Waals surface area contributed by atoms with Crippen LogP contribution < -0.4 is 5.32 Å². The Morgan fingerprint density at radius 1 is 1.07 bits per heavy atom. The maximum absolute atomic E-state index is 12.2. The molecule has 1 aliphatic rings. The number of alkyl carbamates (subject to hydrolysis) is 1. The SMILES string of the molecule is CC(C)(C)OC(=O)NC(COS(C)(=O)=O)CC1CCC(O[Si](C)(C)C(C)(C)C)CC1. The molecule has 0 aliphatic heterocycles. The fourth-order valence-corrected chi connectivity index (χ4v) is 5.16. The molecule has 0 heterocycles. The van der Waals surface area contributed by atoms with E-state index in [2.05, 4.69) is 39.2 Å². The maximum atomic E-state index is 12.2. The van der Waals surface area contributed by atoms with Gasteiger partial charge in [-0.3, -0.25) is 4.18 Å². The predicted octanol–water partition coefficient (Wildman–Crippen LogP) is 4.83. The van der Waals surface area contributed by atoms with E-state index in [4.69, 9.17) is 13.3 Å². The van der Waals surface area contributed by atoms with Crippen LogP contribution in [0.3, 0.4) is 0 Å². The van der Waals surface area contributed by atoms with E-state index in [1.165, 1.54) is 0 Å². The predicted molar refractivity (Wildman–Crippen MR) is 123 cm³/mol. The quantitative estimate of drug-likeness (QED) is 0.408. The maximum Gasteiger partial charge on any atom is 0.407 e. The largest absolute Gasteiger partial charge is 0.444 e. The van der Waals surface area contributed by atoms with Crippen LogP contribution in [0.25, 0.3) is 0 Å². The zero-order valence-corrected chi connectivity index (χ0v) is 22.1. The molecule has 0 saturated heterocycles. The topological polar surface area (TPSA) is 90.9 Å². The summed E-state index contributed by atoms with van der Waals surface area (Å²) < 4.78 is 39.7. The molecule has 1 fully saturated rings. The standard InChI is InChI=1S/C21H43NO6SSi/c1-20(2,3)27-19(23)22-17(15-26-29(7,24)25)14-16-10-12-18(13-11-16)28-30(8,9)21(4,5)6/h16-18H,10-15H2,1-9H3,(H,22,23). The monoisotopic (exact) mass is 465 g/mol. The highest BCUT2D eigenvalue weighted by atomic mass is 32.2. The van der Waals surface area contributed by atoms with Crippen molar-refractivity contribution in [2.75, 3.05) is 12.9 Å². The smallest absolute Gasteiger partial charge is 0.407 e. The van der Waals surface area contributed by atoms with Gasteiger partial charge < -0.3 is 14.5 Å². The molecule has 0 radical (unpaired) electrons. The molecule has 7 nitrogen and oxygen atoms in total. The Balaban J connectivity index is 2.64. The number of rotatable bonds is 8. The third-order valence-corrected chi connectivity index (χ3v) is 11.0. The van der Waals surface area contributed by atoms with Crippen LogP contribution in [-0.2, 0) is 23.5 Å². The van der Waals surface area contributed by atoms with Crippen molar-refractivity contribution in [2.24, 2.45) is 5.92 Å². The Hall–Kier alpha value is -0.643. The van der Waals surface area contributed by atoms with Crippen LogP contribution in [0, 0.1) is 5.92 Å². The van der Waals surface area contributed by atoms with Gasteiger partial charge in [-0.1, -0.05) is 20.8 Å². The van der Waals surface area contributed by atoms with E-state index in [1.54, 1.807) is 20.8 Å². The minimum atomic E-state index is -3.58. The van der Waals surface area contributed by atoms with Crippen molar-refractivity contribution in [3.8, 4) is 0 Å². The van der Waals surface area contributed by atoms with Crippen molar-refractivity contribution in [1.29, 1.82) is 0 Å². The average Bonchev–Trinajstić information content (AvgIpc) is 2.50. The van der Waals surface area contributed by atoms with Crippen LogP contribution in [0.15, 0.2) is 0 Å². The Morgan fingerprint density at radius 3 is 2.03 bits per heavy atom. The number of carbonyl (C=O) groups excluding carboxylic acids is 1. The summed E-state index contributed by atoms with van der Waals surface area (Å²) in [4.78, 5) is 12.2. The van der Waals surface area contributed by atoms with Gasteiger partial charge in [0, 0.05) is 6.10 Å². The number of ether oxygens (including phenoxy) is 1. The summed E-state index contributed by atoms with van der Waals surface area (Å²) in [7, 11) is -5.37. The van der Waals surface area contributed by atoms with Gasteiger partial charge in [0.1, 0.15) is 5.60 Å². The first-order chi connectivity index (χ1) is 13.4. The van der Waals surface area contributed by atoms with E-state index in [-0.39, 0.29) is 17.7 Å². The fraction of sp³-hybridized carbons (Fsp3) is 0.952. The molecule has 0 aromatic carbocycles. The van der Waals surface area contributed by atoms with Crippen molar-refractivity contribution < 1.29 is 26.6 Å². The summed E-state index contributed by atoms with van der Waals surface area (Å²) in [5.41, 5.74) is -0.620. The molecular formula is C21H43NO6SSi. The Morgan fingerprint density at radius 2 is 1.60 bits per heavy atom. The third-order valence-electron chi connectivity index (χ3n) is 5.88.